The standard InChI is InChI=1S/C24H40O4S/c1-2-3-4-5-6-7-8-9-10-11-12-13-14-15-16-17-19-22-20-18-21-23-24(22)28-29(25,26)27-23/h18,20-21H,2-17,19H2,1H3. The maximum absolute atomic E-state index is 11.4. The molecule has 0 spiro atoms. The maximum atomic E-state index is 11.4. The fourth-order valence-corrected chi connectivity index (χ4v) is 4.79. The Morgan fingerprint density at radius 1 is 0.655 bits per heavy atom. The van der Waals surface area contributed by atoms with Crippen LogP contribution in [0, 0.1) is 0 Å². The van der Waals surface area contributed by atoms with Crippen LogP contribution in [0.5, 0.6) is 11.5 Å². The van der Waals surface area contributed by atoms with Crippen molar-refractivity contribution in [1.82, 2.24) is 0 Å². The Morgan fingerprint density at radius 2 is 1.14 bits per heavy atom. The third kappa shape index (κ3) is 9.88. The van der Waals surface area contributed by atoms with Gasteiger partial charge in [-0.2, -0.15) is 0 Å². The van der Waals surface area contributed by atoms with Crippen molar-refractivity contribution in [3.8, 4) is 11.5 Å². The van der Waals surface area contributed by atoms with Gasteiger partial charge in [-0.1, -0.05) is 115 Å². The second-order valence-corrected chi connectivity index (χ2v) is 9.52. The molecule has 0 radical (unpaired) electrons. The van der Waals surface area contributed by atoms with Crippen LogP contribution in [0.1, 0.15) is 115 Å². The lowest BCUT2D eigenvalue weighted by atomic mass is 10.0. The van der Waals surface area contributed by atoms with Crippen molar-refractivity contribution < 1.29 is 16.8 Å². The molecule has 0 atom stereocenters. The van der Waals surface area contributed by atoms with Crippen LogP contribution in [0.2, 0.25) is 0 Å². The lowest BCUT2D eigenvalue weighted by Gasteiger charge is -2.05. The summed E-state index contributed by atoms with van der Waals surface area (Å²) in [5.41, 5.74) is 0.925. The second kappa shape index (κ2) is 13.9. The SMILES string of the molecule is CCCCCCCCCCCCCCCCCCc1cccc2c1OS(=O)(=O)O2. The Balaban J connectivity index is 1.39. The van der Waals surface area contributed by atoms with Crippen LogP contribution in [0.3, 0.4) is 0 Å². The third-order valence-electron chi connectivity index (χ3n) is 5.74. The molecule has 0 bridgehead atoms. The van der Waals surface area contributed by atoms with E-state index in [0.29, 0.717) is 11.5 Å². The number of benzene rings is 1. The van der Waals surface area contributed by atoms with Crippen molar-refractivity contribution in [3.05, 3.63) is 23.8 Å². The fourth-order valence-electron chi connectivity index (χ4n) is 4.01. The van der Waals surface area contributed by atoms with Gasteiger partial charge in [0.25, 0.3) is 0 Å². The normalized spacial score (nSPS) is 14.4. The van der Waals surface area contributed by atoms with E-state index in [1.54, 1.807) is 6.07 Å². The third-order valence-corrected chi connectivity index (χ3v) is 6.49. The fraction of sp³-hybridized carbons (Fsp3) is 0.750. The Bertz CT molecular complexity index is 669. The van der Waals surface area contributed by atoms with Gasteiger partial charge in [-0.15, -0.1) is 8.42 Å². The van der Waals surface area contributed by atoms with Gasteiger partial charge in [0.1, 0.15) is 0 Å². The van der Waals surface area contributed by atoms with E-state index >= 15 is 0 Å². The van der Waals surface area contributed by atoms with E-state index in [9.17, 15) is 8.42 Å². The number of hydrogen-bond donors (Lipinski definition) is 0. The Labute approximate surface area is 178 Å². The zero-order valence-electron chi connectivity index (χ0n) is 18.3. The van der Waals surface area contributed by atoms with E-state index in [2.05, 4.69) is 6.92 Å². The van der Waals surface area contributed by atoms with Crippen molar-refractivity contribution in [3.63, 3.8) is 0 Å². The highest BCUT2D eigenvalue weighted by Crippen LogP contribution is 2.39. The quantitative estimate of drug-likeness (QED) is 0.243. The summed E-state index contributed by atoms with van der Waals surface area (Å²) in [5.74, 6) is 0.701. The molecule has 166 valence electrons. The Kier molecular flexibility index (Phi) is 11.5. The number of fused-ring (bicyclic) bond motifs is 1. The van der Waals surface area contributed by atoms with Crippen LogP contribution in [-0.2, 0) is 16.8 Å². The Hall–Kier alpha value is -1.23. The van der Waals surface area contributed by atoms with Crippen LogP contribution in [0.4, 0.5) is 0 Å². The molecule has 0 fully saturated rings. The predicted molar refractivity (Wildman–Crippen MR) is 120 cm³/mol. The van der Waals surface area contributed by atoms with E-state index in [1.165, 1.54) is 96.3 Å². The summed E-state index contributed by atoms with van der Waals surface area (Å²) in [6.07, 6.45) is 22.4. The highest BCUT2D eigenvalue weighted by Gasteiger charge is 2.30. The van der Waals surface area contributed by atoms with Gasteiger partial charge in [0.05, 0.1) is 0 Å². The molecular formula is C24H40O4S. The average Bonchev–Trinajstić information content (AvgIpc) is 3.02. The van der Waals surface area contributed by atoms with Crippen LogP contribution < -0.4 is 8.37 Å². The van der Waals surface area contributed by atoms with E-state index in [0.717, 1.165) is 18.4 Å². The van der Waals surface area contributed by atoms with E-state index in [4.69, 9.17) is 8.37 Å². The lowest BCUT2D eigenvalue weighted by molar-refractivity contribution is 0.435. The molecule has 0 amide bonds. The molecule has 29 heavy (non-hydrogen) atoms. The van der Waals surface area contributed by atoms with Crippen molar-refractivity contribution >= 4 is 10.4 Å². The number of para-hydroxylation sites is 1. The molecule has 1 aromatic rings. The average molecular weight is 425 g/mol. The zero-order chi connectivity index (χ0) is 20.8. The largest absolute Gasteiger partial charge is 0.501 e. The summed E-state index contributed by atoms with van der Waals surface area (Å²) in [4.78, 5) is 0. The lowest BCUT2D eigenvalue weighted by Crippen LogP contribution is -2.08. The second-order valence-electron chi connectivity index (χ2n) is 8.37. The predicted octanol–water partition coefficient (Wildman–Crippen LogP) is 7.51. The smallest absolute Gasteiger partial charge is 0.349 e. The molecule has 0 unspecified atom stereocenters. The highest BCUT2D eigenvalue weighted by atomic mass is 32.3. The van der Waals surface area contributed by atoms with Crippen molar-refractivity contribution in [2.24, 2.45) is 0 Å². The van der Waals surface area contributed by atoms with Crippen LogP contribution in [0.25, 0.3) is 0 Å². The molecule has 2 rings (SSSR count). The summed E-state index contributed by atoms with van der Waals surface area (Å²) < 4.78 is 32.6. The van der Waals surface area contributed by atoms with Gasteiger partial charge in [0.15, 0.2) is 11.5 Å². The van der Waals surface area contributed by atoms with Gasteiger partial charge in [0, 0.05) is 0 Å². The minimum atomic E-state index is -3.89. The highest BCUT2D eigenvalue weighted by molar-refractivity contribution is 7.82. The molecule has 0 aromatic heterocycles. The summed E-state index contributed by atoms with van der Waals surface area (Å²) in [5, 5.41) is 0. The molecule has 0 saturated heterocycles. The molecule has 0 aliphatic carbocycles. The summed E-state index contributed by atoms with van der Waals surface area (Å²) in [6.45, 7) is 2.27. The first kappa shape index (κ1) is 24.0. The van der Waals surface area contributed by atoms with E-state index in [1.807, 2.05) is 12.1 Å². The number of hydrogen-bond acceptors (Lipinski definition) is 4. The topological polar surface area (TPSA) is 52.6 Å². The summed E-state index contributed by atoms with van der Waals surface area (Å²) >= 11 is 0. The van der Waals surface area contributed by atoms with Gasteiger partial charge in [-0.3, -0.25) is 0 Å². The summed E-state index contributed by atoms with van der Waals surface area (Å²) in [7, 11) is -3.89. The van der Waals surface area contributed by atoms with E-state index < -0.39 is 10.4 Å². The maximum Gasteiger partial charge on any atom is 0.501 e. The van der Waals surface area contributed by atoms with Crippen molar-refractivity contribution in [2.45, 2.75) is 116 Å². The molecule has 1 aromatic carbocycles. The first-order valence-electron chi connectivity index (χ1n) is 11.9. The van der Waals surface area contributed by atoms with Gasteiger partial charge in [0.2, 0.25) is 0 Å². The van der Waals surface area contributed by atoms with Crippen LogP contribution in [-0.4, -0.2) is 8.42 Å². The molecule has 1 heterocycles. The molecule has 1 aliphatic heterocycles. The zero-order valence-corrected chi connectivity index (χ0v) is 19.1. The Morgan fingerprint density at radius 3 is 1.66 bits per heavy atom. The molecule has 0 saturated carbocycles. The van der Waals surface area contributed by atoms with Crippen molar-refractivity contribution in [2.75, 3.05) is 0 Å². The van der Waals surface area contributed by atoms with Crippen LogP contribution >= 0.6 is 0 Å². The minimum Gasteiger partial charge on any atom is -0.349 e. The van der Waals surface area contributed by atoms with Crippen LogP contribution in [0.15, 0.2) is 18.2 Å². The monoisotopic (exact) mass is 424 g/mol. The molecule has 5 heteroatoms. The molecule has 4 nitrogen and oxygen atoms in total. The van der Waals surface area contributed by atoms with Gasteiger partial charge < -0.3 is 8.37 Å². The van der Waals surface area contributed by atoms with Gasteiger partial charge in [-0.25, -0.2) is 0 Å². The first-order chi connectivity index (χ1) is 14.1. The van der Waals surface area contributed by atoms with Gasteiger partial charge in [-0.05, 0) is 24.5 Å². The molecule has 1 aliphatic rings. The number of rotatable bonds is 17. The van der Waals surface area contributed by atoms with E-state index in [-0.39, 0.29) is 0 Å². The van der Waals surface area contributed by atoms with Crippen molar-refractivity contribution in [1.29, 1.82) is 0 Å². The molecular weight excluding hydrogens is 384 g/mol. The summed E-state index contributed by atoms with van der Waals surface area (Å²) in [6, 6.07) is 5.38. The molecule has 0 N–H and O–H groups in total. The minimum absolute atomic E-state index is 0.319. The van der Waals surface area contributed by atoms with Gasteiger partial charge >= 0.3 is 10.4 Å². The first-order valence-corrected chi connectivity index (χ1v) is 13.2. The number of aryl methyl sites for hydroxylation is 1. The number of unbranched alkanes of at least 4 members (excludes halogenated alkanes) is 15.